The number of carbonyl (C=O) groups is 1. The maximum Gasteiger partial charge on any atom is 0.233 e. The number of carbonyl (C=O) groups excluding carboxylic acids is 1. The number of nitrogens with one attached hydrogen (secondary N) is 2. The number of nitrogens with zero attached hydrogens (tertiary/aromatic N) is 1. The SMILES string of the molecule is Nc1[nH]ncc1CNC(=O)C1CCCCS1. The molecule has 1 unspecified atom stereocenters. The number of nitrogens with two attached hydrogens (primary N) is 1. The lowest BCUT2D eigenvalue weighted by atomic mass is 10.2. The van der Waals surface area contributed by atoms with E-state index in [1.54, 1.807) is 18.0 Å². The number of thioether (sulfide) groups is 1. The summed E-state index contributed by atoms with van der Waals surface area (Å²) < 4.78 is 0. The van der Waals surface area contributed by atoms with Gasteiger partial charge in [0.2, 0.25) is 5.91 Å². The van der Waals surface area contributed by atoms with E-state index in [1.807, 2.05) is 0 Å². The molecule has 5 nitrogen and oxygen atoms in total. The van der Waals surface area contributed by atoms with Crippen LogP contribution >= 0.6 is 11.8 Å². The molecule has 1 aromatic rings. The maximum atomic E-state index is 11.8. The molecule has 0 saturated carbocycles. The van der Waals surface area contributed by atoms with E-state index in [-0.39, 0.29) is 11.2 Å². The average Bonchev–Trinajstić information content (AvgIpc) is 2.73. The largest absolute Gasteiger partial charge is 0.384 e. The van der Waals surface area contributed by atoms with Crippen molar-refractivity contribution < 1.29 is 4.79 Å². The second kappa shape index (κ2) is 5.25. The molecule has 0 aromatic carbocycles. The van der Waals surface area contributed by atoms with Gasteiger partial charge in [-0.2, -0.15) is 5.10 Å². The molecule has 1 atom stereocenters. The Hall–Kier alpha value is -1.17. The third-order valence-corrected chi connectivity index (χ3v) is 4.05. The van der Waals surface area contributed by atoms with Crippen LogP contribution in [0.25, 0.3) is 0 Å². The molecule has 0 radical (unpaired) electrons. The van der Waals surface area contributed by atoms with Crippen molar-refractivity contribution in [3.63, 3.8) is 0 Å². The summed E-state index contributed by atoms with van der Waals surface area (Å²) in [5.74, 6) is 1.73. The summed E-state index contributed by atoms with van der Waals surface area (Å²) in [6, 6.07) is 0. The van der Waals surface area contributed by atoms with E-state index in [1.165, 1.54) is 6.42 Å². The normalized spacial score (nSPS) is 20.6. The van der Waals surface area contributed by atoms with Crippen molar-refractivity contribution in [3.8, 4) is 0 Å². The van der Waals surface area contributed by atoms with Crippen molar-refractivity contribution in [2.45, 2.75) is 31.1 Å². The van der Waals surface area contributed by atoms with Gasteiger partial charge >= 0.3 is 0 Å². The van der Waals surface area contributed by atoms with E-state index in [4.69, 9.17) is 5.73 Å². The Morgan fingerprint density at radius 3 is 3.19 bits per heavy atom. The van der Waals surface area contributed by atoms with Crippen LogP contribution in [0.2, 0.25) is 0 Å². The number of hydrogen-bond acceptors (Lipinski definition) is 4. The third kappa shape index (κ3) is 2.69. The first-order chi connectivity index (χ1) is 7.77. The summed E-state index contributed by atoms with van der Waals surface area (Å²) in [6.07, 6.45) is 5.00. The highest BCUT2D eigenvalue weighted by molar-refractivity contribution is 8.00. The molecule has 1 aromatic heterocycles. The van der Waals surface area contributed by atoms with Gasteiger partial charge in [-0.05, 0) is 18.6 Å². The molecule has 1 fully saturated rings. The van der Waals surface area contributed by atoms with Gasteiger partial charge in [-0.3, -0.25) is 9.89 Å². The zero-order valence-electron chi connectivity index (χ0n) is 9.03. The molecule has 2 rings (SSSR count). The molecule has 6 heteroatoms. The van der Waals surface area contributed by atoms with Gasteiger partial charge in [0.05, 0.1) is 11.4 Å². The number of aromatic amines is 1. The third-order valence-electron chi connectivity index (χ3n) is 2.68. The van der Waals surface area contributed by atoms with E-state index in [0.29, 0.717) is 12.4 Å². The topological polar surface area (TPSA) is 83.8 Å². The Labute approximate surface area is 98.6 Å². The first-order valence-electron chi connectivity index (χ1n) is 5.44. The van der Waals surface area contributed by atoms with Crippen LogP contribution in [-0.4, -0.2) is 27.1 Å². The fraction of sp³-hybridized carbons (Fsp3) is 0.600. The number of aromatic nitrogens is 2. The molecular weight excluding hydrogens is 224 g/mol. The standard InChI is InChI=1S/C10H16N4OS/c11-9-7(6-13-14-9)5-12-10(15)8-3-1-2-4-16-8/h6,8H,1-5H2,(H,12,15)(H3,11,13,14). The van der Waals surface area contributed by atoms with Crippen LogP contribution in [0.4, 0.5) is 5.82 Å². The zero-order chi connectivity index (χ0) is 11.4. The molecule has 1 aliphatic rings. The van der Waals surface area contributed by atoms with Crippen LogP contribution in [-0.2, 0) is 11.3 Å². The fourth-order valence-electron chi connectivity index (χ4n) is 1.71. The van der Waals surface area contributed by atoms with Crippen molar-refractivity contribution in [2.24, 2.45) is 0 Å². The van der Waals surface area contributed by atoms with E-state index >= 15 is 0 Å². The minimum Gasteiger partial charge on any atom is -0.384 e. The Kier molecular flexibility index (Phi) is 3.71. The highest BCUT2D eigenvalue weighted by Gasteiger charge is 2.21. The van der Waals surface area contributed by atoms with E-state index in [0.717, 1.165) is 24.2 Å². The molecule has 0 aliphatic carbocycles. The summed E-state index contributed by atoms with van der Waals surface area (Å²) in [5, 5.41) is 9.46. The van der Waals surface area contributed by atoms with E-state index < -0.39 is 0 Å². The smallest absolute Gasteiger partial charge is 0.233 e. The summed E-state index contributed by atoms with van der Waals surface area (Å²) in [5.41, 5.74) is 6.47. The number of anilines is 1. The second-order valence-electron chi connectivity index (χ2n) is 3.88. The van der Waals surface area contributed by atoms with Crippen molar-refractivity contribution in [1.29, 1.82) is 0 Å². The number of H-pyrrole nitrogens is 1. The quantitative estimate of drug-likeness (QED) is 0.732. The minimum absolute atomic E-state index is 0.113. The fourth-order valence-corrected chi connectivity index (χ4v) is 2.93. The number of amides is 1. The second-order valence-corrected chi connectivity index (χ2v) is 5.19. The zero-order valence-corrected chi connectivity index (χ0v) is 9.85. The van der Waals surface area contributed by atoms with Crippen LogP contribution in [0.15, 0.2) is 6.20 Å². The monoisotopic (exact) mass is 240 g/mol. The van der Waals surface area contributed by atoms with Crippen molar-refractivity contribution in [2.75, 3.05) is 11.5 Å². The average molecular weight is 240 g/mol. The predicted molar refractivity (Wildman–Crippen MR) is 64.9 cm³/mol. The van der Waals surface area contributed by atoms with Gasteiger partial charge < -0.3 is 11.1 Å². The summed E-state index contributed by atoms with van der Waals surface area (Å²) >= 11 is 1.75. The van der Waals surface area contributed by atoms with Gasteiger partial charge in [-0.15, -0.1) is 11.8 Å². The van der Waals surface area contributed by atoms with Crippen LogP contribution in [0.3, 0.4) is 0 Å². The molecule has 1 saturated heterocycles. The summed E-state index contributed by atoms with van der Waals surface area (Å²) in [6.45, 7) is 0.457. The molecular formula is C10H16N4OS. The lowest BCUT2D eigenvalue weighted by molar-refractivity contribution is -0.120. The van der Waals surface area contributed by atoms with Gasteiger partial charge in [-0.1, -0.05) is 6.42 Å². The maximum absolute atomic E-state index is 11.8. The Morgan fingerprint density at radius 2 is 2.56 bits per heavy atom. The Bertz CT molecular complexity index is 359. The molecule has 1 amide bonds. The van der Waals surface area contributed by atoms with Crippen molar-refractivity contribution in [3.05, 3.63) is 11.8 Å². The molecule has 16 heavy (non-hydrogen) atoms. The van der Waals surface area contributed by atoms with Gasteiger partial charge in [0.1, 0.15) is 5.82 Å². The molecule has 4 N–H and O–H groups in total. The van der Waals surface area contributed by atoms with Gasteiger partial charge in [-0.25, -0.2) is 0 Å². The number of rotatable bonds is 3. The first kappa shape index (κ1) is 11.3. The number of nitrogen functional groups attached to an aromatic ring is 1. The van der Waals surface area contributed by atoms with E-state index in [9.17, 15) is 4.79 Å². The van der Waals surface area contributed by atoms with Crippen LogP contribution in [0.5, 0.6) is 0 Å². The highest BCUT2D eigenvalue weighted by atomic mass is 32.2. The van der Waals surface area contributed by atoms with Gasteiger partial charge in [0.25, 0.3) is 0 Å². The Morgan fingerprint density at radius 1 is 1.69 bits per heavy atom. The highest BCUT2D eigenvalue weighted by Crippen LogP contribution is 2.25. The molecule has 88 valence electrons. The summed E-state index contributed by atoms with van der Waals surface area (Å²) in [4.78, 5) is 11.8. The predicted octanol–water partition coefficient (Wildman–Crippen LogP) is 0.894. The van der Waals surface area contributed by atoms with Crippen LogP contribution in [0, 0.1) is 0 Å². The molecule has 2 heterocycles. The van der Waals surface area contributed by atoms with Gasteiger partial charge in [0, 0.05) is 12.1 Å². The first-order valence-corrected chi connectivity index (χ1v) is 6.49. The lowest BCUT2D eigenvalue weighted by Crippen LogP contribution is -2.33. The summed E-state index contributed by atoms with van der Waals surface area (Å²) in [7, 11) is 0. The minimum atomic E-state index is 0.113. The van der Waals surface area contributed by atoms with E-state index in [2.05, 4.69) is 15.5 Å². The van der Waals surface area contributed by atoms with Crippen molar-refractivity contribution >= 4 is 23.5 Å². The lowest BCUT2D eigenvalue weighted by Gasteiger charge is -2.20. The van der Waals surface area contributed by atoms with Crippen molar-refractivity contribution in [1.82, 2.24) is 15.5 Å². The number of hydrogen-bond donors (Lipinski definition) is 3. The molecule has 0 bridgehead atoms. The molecule has 1 aliphatic heterocycles. The Balaban J connectivity index is 1.81. The molecule has 0 spiro atoms. The van der Waals surface area contributed by atoms with Crippen LogP contribution < -0.4 is 11.1 Å². The van der Waals surface area contributed by atoms with Crippen LogP contribution in [0.1, 0.15) is 24.8 Å². The van der Waals surface area contributed by atoms with Gasteiger partial charge in [0.15, 0.2) is 0 Å².